The number of aromatic nitrogens is 2. The van der Waals surface area contributed by atoms with Gasteiger partial charge in [0.15, 0.2) is 0 Å². The molecular weight excluding hydrogens is 316 g/mol. The standard InChI is InChI=1S/C19H26N4O2/c1-14-16(23-10-5-2-6-17(23)21-14)13-20-18(24)22-15-7-11-25-19(12-15)8-3-4-9-19/h2,5-6,10,15H,3-4,7-9,11-13H2,1H3,(H2,20,22,24). The predicted molar refractivity (Wildman–Crippen MR) is 95.5 cm³/mol. The van der Waals surface area contributed by atoms with Crippen molar-refractivity contribution >= 4 is 11.7 Å². The van der Waals surface area contributed by atoms with Crippen molar-refractivity contribution in [2.45, 2.75) is 63.6 Å². The van der Waals surface area contributed by atoms with Crippen molar-refractivity contribution in [2.24, 2.45) is 0 Å². The van der Waals surface area contributed by atoms with Crippen molar-refractivity contribution in [2.75, 3.05) is 6.61 Å². The lowest BCUT2D eigenvalue weighted by Gasteiger charge is -2.38. The summed E-state index contributed by atoms with van der Waals surface area (Å²) in [5.74, 6) is 0. The molecule has 6 heteroatoms. The van der Waals surface area contributed by atoms with E-state index >= 15 is 0 Å². The Morgan fingerprint density at radius 3 is 3.08 bits per heavy atom. The zero-order valence-corrected chi connectivity index (χ0v) is 14.8. The molecule has 0 bridgehead atoms. The van der Waals surface area contributed by atoms with Gasteiger partial charge < -0.3 is 19.8 Å². The molecule has 2 amide bonds. The molecule has 4 rings (SSSR count). The van der Waals surface area contributed by atoms with E-state index in [1.54, 1.807) is 0 Å². The number of hydrogen-bond donors (Lipinski definition) is 2. The maximum atomic E-state index is 12.4. The fourth-order valence-electron chi connectivity index (χ4n) is 4.30. The van der Waals surface area contributed by atoms with Gasteiger partial charge in [0.1, 0.15) is 5.65 Å². The number of aryl methyl sites for hydroxylation is 1. The Morgan fingerprint density at radius 2 is 2.24 bits per heavy atom. The minimum absolute atomic E-state index is 0.0223. The third kappa shape index (κ3) is 3.35. The van der Waals surface area contributed by atoms with Gasteiger partial charge in [-0.3, -0.25) is 0 Å². The molecule has 0 aromatic carbocycles. The number of nitrogens with one attached hydrogen (secondary N) is 2. The highest BCUT2D eigenvalue weighted by Crippen LogP contribution is 2.39. The van der Waals surface area contributed by atoms with Crippen LogP contribution >= 0.6 is 0 Å². The van der Waals surface area contributed by atoms with Crippen molar-refractivity contribution < 1.29 is 9.53 Å². The van der Waals surface area contributed by atoms with E-state index in [-0.39, 0.29) is 17.7 Å². The van der Waals surface area contributed by atoms with Gasteiger partial charge in [-0.05, 0) is 44.7 Å². The fourth-order valence-corrected chi connectivity index (χ4v) is 4.30. The Labute approximate surface area is 148 Å². The summed E-state index contributed by atoms with van der Waals surface area (Å²) >= 11 is 0. The van der Waals surface area contributed by atoms with E-state index in [2.05, 4.69) is 15.6 Å². The number of hydrogen-bond acceptors (Lipinski definition) is 3. The lowest BCUT2D eigenvalue weighted by atomic mass is 9.89. The summed E-state index contributed by atoms with van der Waals surface area (Å²) in [4.78, 5) is 16.9. The monoisotopic (exact) mass is 342 g/mol. The largest absolute Gasteiger partial charge is 0.375 e. The molecule has 1 unspecified atom stereocenters. The topological polar surface area (TPSA) is 67.7 Å². The SMILES string of the molecule is Cc1nc2ccccn2c1CNC(=O)NC1CCOC2(CCCC2)C1. The second-order valence-corrected chi connectivity index (χ2v) is 7.33. The van der Waals surface area contributed by atoms with Crippen molar-refractivity contribution in [3.05, 3.63) is 35.8 Å². The van der Waals surface area contributed by atoms with Gasteiger partial charge in [-0.2, -0.15) is 0 Å². The molecule has 6 nitrogen and oxygen atoms in total. The van der Waals surface area contributed by atoms with Crippen LogP contribution in [0.25, 0.3) is 5.65 Å². The Balaban J connectivity index is 1.35. The summed E-state index contributed by atoms with van der Waals surface area (Å²) in [5, 5.41) is 6.13. The smallest absolute Gasteiger partial charge is 0.315 e. The Bertz CT molecular complexity index is 764. The third-order valence-corrected chi connectivity index (χ3v) is 5.59. The molecule has 2 fully saturated rings. The fraction of sp³-hybridized carbons (Fsp3) is 0.579. The number of carbonyl (C=O) groups is 1. The molecule has 0 radical (unpaired) electrons. The summed E-state index contributed by atoms with van der Waals surface area (Å²) in [5.41, 5.74) is 2.89. The van der Waals surface area contributed by atoms with Crippen molar-refractivity contribution in [3.8, 4) is 0 Å². The third-order valence-electron chi connectivity index (χ3n) is 5.59. The number of pyridine rings is 1. The predicted octanol–water partition coefficient (Wildman–Crippen LogP) is 2.93. The van der Waals surface area contributed by atoms with Crippen LogP contribution in [0.4, 0.5) is 4.79 Å². The molecule has 1 spiro atoms. The average Bonchev–Trinajstić information content (AvgIpc) is 3.17. The van der Waals surface area contributed by atoms with Gasteiger partial charge >= 0.3 is 6.03 Å². The van der Waals surface area contributed by atoms with Crippen LogP contribution in [0.15, 0.2) is 24.4 Å². The van der Waals surface area contributed by atoms with Crippen molar-refractivity contribution in [1.82, 2.24) is 20.0 Å². The van der Waals surface area contributed by atoms with Crippen molar-refractivity contribution in [3.63, 3.8) is 0 Å². The van der Waals surface area contributed by atoms with Gasteiger partial charge in [0.25, 0.3) is 0 Å². The van der Waals surface area contributed by atoms with Crippen LogP contribution in [0, 0.1) is 6.92 Å². The molecular formula is C19H26N4O2. The number of urea groups is 1. The molecule has 1 aliphatic heterocycles. The number of amides is 2. The molecule has 2 aromatic rings. The maximum Gasteiger partial charge on any atom is 0.315 e. The first-order valence-electron chi connectivity index (χ1n) is 9.26. The minimum Gasteiger partial charge on any atom is -0.375 e. The number of fused-ring (bicyclic) bond motifs is 1. The summed E-state index contributed by atoms with van der Waals surface area (Å²) < 4.78 is 8.06. The molecule has 1 saturated carbocycles. The van der Waals surface area contributed by atoms with Gasteiger partial charge in [-0.25, -0.2) is 9.78 Å². The molecule has 134 valence electrons. The zero-order valence-electron chi connectivity index (χ0n) is 14.8. The molecule has 1 atom stereocenters. The van der Waals surface area contributed by atoms with E-state index in [0.29, 0.717) is 6.54 Å². The molecule has 1 aliphatic carbocycles. The highest BCUT2D eigenvalue weighted by molar-refractivity contribution is 5.74. The Hall–Kier alpha value is -2.08. The van der Waals surface area contributed by atoms with Gasteiger partial charge in [-0.15, -0.1) is 0 Å². The van der Waals surface area contributed by atoms with Gasteiger partial charge in [0.2, 0.25) is 0 Å². The second kappa shape index (κ2) is 6.67. The molecule has 3 heterocycles. The first-order valence-corrected chi connectivity index (χ1v) is 9.26. The quantitative estimate of drug-likeness (QED) is 0.901. The summed E-state index contributed by atoms with van der Waals surface area (Å²) in [6.07, 6.45) is 8.56. The van der Waals surface area contributed by atoms with Crippen LogP contribution in [-0.2, 0) is 11.3 Å². The van der Waals surface area contributed by atoms with Crippen LogP contribution in [-0.4, -0.2) is 33.7 Å². The molecule has 2 aliphatic rings. The van der Waals surface area contributed by atoms with Crippen molar-refractivity contribution in [1.29, 1.82) is 0 Å². The molecule has 25 heavy (non-hydrogen) atoms. The average molecular weight is 342 g/mol. The number of rotatable bonds is 3. The Kier molecular flexibility index (Phi) is 4.37. The lowest BCUT2D eigenvalue weighted by molar-refractivity contribution is -0.0820. The van der Waals surface area contributed by atoms with E-state index in [1.165, 1.54) is 12.8 Å². The van der Waals surface area contributed by atoms with E-state index in [0.717, 1.165) is 49.3 Å². The molecule has 1 saturated heterocycles. The van der Waals surface area contributed by atoms with Crippen LogP contribution < -0.4 is 10.6 Å². The number of imidazole rings is 1. The van der Waals surface area contributed by atoms with Crippen LogP contribution in [0.3, 0.4) is 0 Å². The number of nitrogens with zero attached hydrogens (tertiary/aromatic N) is 2. The second-order valence-electron chi connectivity index (χ2n) is 7.33. The van der Waals surface area contributed by atoms with Crippen LogP contribution in [0.2, 0.25) is 0 Å². The van der Waals surface area contributed by atoms with Gasteiger partial charge in [0.05, 0.1) is 23.5 Å². The number of ether oxygens (including phenoxy) is 1. The van der Waals surface area contributed by atoms with Crippen LogP contribution in [0.5, 0.6) is 0 Å². The lowest BCUT2D eigenvalue weighted by Crippen LogP contribution is -2.49. The highest BCUT2D eigenvalue weighted by Gasteiger charge is 2.40. The first-order chi connectivity index (χ1) is 12.2. The Morgan fingerprint density at radius 1 is 1.40 bits per heavy atom. The van der Waals surface area contributed by atoms with E-state index in [9.17, 15) is 4.79 Å². The van der Waals surface area contributed by atoms with E-state index in [1.807, 2.05) is 35.7 Å². The van der Waals surface area contributed by atoms with E-state index < -0.39 is 0 Å². The number of carbonyl (C=O) groups excluding carboxylic acids is 1. The maximum absolute atomic E-state index is 12.4. The first kappa shape index (κ1) is 16.4. The normalized spacial score (nSPS) is 22.4. The van der Waals surface area contributed by atoms with Gasteiger partial charge in [-0.1, -0.05) is 18.9 Å². The summed E-state index contributed by atoms with van der Waals surface area (Å²) in [7, 11) is 0. The van der Waals surface area contributed by atoms with Crippen LogP contribution in [0.1, 0.15) is 49.9 Å². The molecule has 2 N–H and O–H groups in total. The zero-order chi connectivity index (χ0) is 17.3. The minimum atomic E-state index is -0.106. The summed E-state index contributed by atoms with van der Waals surface area (Å²) in [6, 6.07) is 6.01. The highest BCUT2D eigenvalue weighted by atomic mass is 16.5. The summed E-state index contributed by atoms with van der Waals surface area (Å²) in [6.45, 7) is 3.19. The molecule has 2 aromatic heterocycles. The van der Waals surface area contributed by atoms with Gasteiger partial charge in [0, 0.05) is 18.8 Å². The van der Waals surface area contributed by atoms with E-state index in [4.69, 9.17) is 4.74 Å².